The number of rotatable bonds is 26. The Hall–Kier alpha value is -4.40. The van der Waals surface area contributed by atoms with Gasteiger partial charge in [0.1, 0.15) is 37.9 Å². The molecule has 55 heavy (non-hydrogen) atoms. The number of carbonyl (C=O) groups is 2. The molecule has 0 saturated heterocycles. The van der Waals surface area contributed by atoms with E-state index in [1.807, 2.05) is 19.1 Å². The summed E-state index contributed by atoms with van der Waals surface area (Å²) < 4.78 is 23.5. The van der Waals surface area contributed by atoms with Gasteiger partial charge in [-0.05, 0) is 117 Å². The Morgan fingerprint density at radius 3 is 1.73 bits per heavy atom. The summed E-state index contributed by atoms with van der Waals surface area (Å²) in [6, 6.07) is 19.3. The summed E-state index contributed by atoms with van der Waals surface area (Å²) in [4.78, 5) is 24.2. The smallest absolute Gasteiger partial charge is 0.333 e. The number of aliphatic hydroxyl groups is 2. The van der Waals surface area contributed by atoms with E-state index < -0.39 is 17.4 Å². The summed E-state index contributed by atoms with van der Waals surface area (Å²) in [5, 5.41) is 19.9. The molecule has 0 aliphatic rings. The Labute approximate surface area is 329 Å². The second-order valence-corrected chi connectivity index (χ2v) is 14.6. The van der Waals surface area contributed by atoms with Crippen molar-refractivity contribution in [2.75, 3.05) is 39.6 Å². The Bertz CT molecular complexity index is 1680. The van der Waals surface area contributed by atoms with Gasteiger partial charge < -0.3 is 29.2 Å². The van der Waals surface area contributed by atoms with Gasteiger partial charge in [-0.2, -0.15) is 0 Å². The first-order valence-electron chi connectivity index (χ1n) is 20.0. The molecule has 2 N–H and O–H groups in total. The van der Waals surface area contributed by atoms with Gasteiger partial charge in [-0.15, -0.1) is 0 Å². The standard InChI is InChI=1S/C47H64O8/c1-8-11-12-14-36-16-18-37(19-17-36)20-22-40-30-44(53-26-28-55-46(51)35(6)7)42(31-43(40)52-25-27-54-45(50)34(4)5)41-23-21-38(29-39(41)9-2)15-13-24-47(10-3,32-48)33-49/h16-19,21,23,29-31,48-49H,4,6,8-15,20,22,24-28,32-33H2,1-3,5,7H3. The van der Waals surface area contributed by atoms with Crippen LogP contribution in [0.5, 0.6) is 11.5 Å². The topological polar surface area (TPSA) is 112 Å². The van der Waals surface area contributed by atoms with Gasteiger partial charge in [0.15, 0.2) is 0 Å². The van der Waals surface area contributed by atoms with Crippen LogP contribution in [0.4, 0.5) is 0 Å². The van der Waals surface area contributed by atoms with Crippen LogP contribution in [0.3, 0.4) is 0 Å². The van der Waals surface area contributed by atoms with Gasteiger partial charge in [-0.1, -0.05) is 89.2 Å². The Morgan fingerprint density at radius 1 is 0.618 bits per heavy atom. The van der Waals surface area contributed by atoms with Crippen molar-refractivity contribution in [2.45, 2.75) is 105 Å². The Balaban J connectivity index is 1.99. The van der Waals surface area contributed by atoms with Crippen LogP contribution in [0.2, 0.25) is 0 Å². The van der Waals surface area contributed by atoms with Crippen molar-refractivity contribution in [3.05, 3.63) is 107 Å². The molecule has 300 valence electrons. The molecule has 3 aromatic rings. The molecule has 8 heteroatoms. The number of unbranched alkanes of at least 4 members (excludes halogenated alkanes) is 2. The number of benzene rings is 3. The predicted octanol–water partition coefficient (Wildman–Crippen LogP) is 9.13. The summed E-state index contributed by atoms with van der Waals surface area (Å²) in [6.45, 7) is 17.3. The van der Waals surface area contributed by atoms with E-state index in [1.165, 1.54) is 36.0 Å². The van der Waals surface area contributed by atoms with Crippen LogP contribution >= 0.6 is 0 Å². The number of ether oxygens (including phenoxy) is 4. The molecule has 0 heterocycles. The molecule has 0 aromatic heterocycles. The van der Waals surface area contributed by atoms with E-state index in [0.717, 1.165) is 67.2 Å². The van der Waals surface area contributed by atoms with Gasteiger partial charge in [0, 0.05) is 22.1 Å². The Morgan fingerprint density at radius 2 is 1.18 bits per heavy atom. The van der Waals surface area contributed by atoms with Crippen molar-refractivity contribution in [1.82, 2.24) is 0 Å². The lowest BCUT2D eigenvalue weighted by atomic mass is 9.81. The van der Waals surface area contributed by atoms with Crippen molar-refractivity contribution >= 4 is 11.9 Å². The second-order valence-electron chi connectivity index (χ2n) is 14.6. The largest absolute Gasteiger partial charge is 0.490 e. The summed E-state index contributed by atoms with van der Waals surface area (Å²) in [5.74, 6) is 0.401. The quantitative estimate of drug-likeness (QED) is 0.0474. The maximum absolute atomic E-state index is 12.1. The van der Waals surface area contributed by atoms with E-state index in [2.05, 4.69) is 69.5 Å². The van der Waals surface area contributed by atoms with Gasteiger partial charge in [-0.3, -0.25) is 0 Å². The molecule has 0 aliphatic heterocycles. The van der Waals surface area contributed by atoms with Crippen LogP contribution in [0.1, 0.15) is 101 Å². The average Bonchev–Trinajstić information content (AvgIpc) is 3.19. The average molecular weight is 757 g/mol. The monoisotopic (exact) mass is 756 g/mol. The van der Waals surface area contributed by atoms with Gasteiger partial charge in [-0.25, -0.2) is 9.59 Å². The summed E-state index contributed by atoms with van der Waals surface area (Å²) in [6.07, 6.45) is 10.1. The minimum absolute atomic E-state index is 0.0313. The van der Waals surface area contributed by atoms with E-state index >= 15 is 0 Å². The number of hydrogen-bond donors (Lipinski definition) is 2. The lowest BCUT2D eigenvalue weighted by Gasteiger charge is -2.28. The number of aryl methyl sites for hydroxylation is 5. The van der Waals surface area contributed by atoms with Gasteiger partial charge >= 0.3 is 11.9 Å². The fourth-order valence-corrected chi connectivity index (χ4v) is 6.44. The lowest BCUT2D eigenvalue weighted by molar-refractivity contribution is -0.140. The van der Waals surface area contributed by atoms with Crippen molar-refractivity contribution in [3.8, 4) is 22.6 Å². The van der Waals surface area contributed by atoms with Gasteiger partial charge in [0.05, 0.1) is 13.2 Å². The molecule has 0 radical (unpaired) electrons. The summed E-state index contributed by atoms with van der Waals surface area (Å²) in [7, 11) is 0. The highest BCUT2D eigenvalue weighted by Crippen LogP contribution is 2.39. The molecule has 0 atom stereocenters. The van der Waals surface area contributed by atoms with E-state index in [0.29, 0.717) is 29.1 Å². The van der Waals surface area contributed by atoms with Gasteiger partial charge in [0.2, 0.25) is 0 Å². The number of aliphatic hydroxyl groups excluding tert-OH is 2. The zero-order chi connectivity index (χ0) is 40.2. The lowest BCUT2D eigenvalue weighted by Crippen LogP contribution is -2.29. The molecule has 0 amide bonds. The third-order valence-corrected chi connectivity index (χ3v) is 10.2. The molecule has 0 bridgehead atoms. The summed E-state index contributed by atoms with van der Waals surface area (Å²) in [5.41, 5.74) is 7.86. The molecular formula is C47H64O8. The molecular weight excluding hydrogens is 693 g/mol. The number of esters is 2. The zero-order valence-electron chi connectivity index (χ0n) is 34.0. The summed E-state index contributed by atoms with van der Waals surface area (Å²) >= 11 is 0. The highest BCUT2D eigenvalue weighted by molar-refractivity contribution is 5.87. The molecule has 0 spiro atoms. The molecule has 3 rings (SSSR count). The van der Waals surface area contributed by atoms with E-state index in [4.69, 9.17) is 18.9 Å². The van der Waals surface area contributed by atoms with Crippen LogP contribution < -0.4 is 9.47 Å². The maximum atomic E-state index is 12.1. The first kappa shape index (κ1) is 45.0. The minimum Gasteiger partial charge on any atom is -0.490 e. The second kappa shape index (κ2) is 23.5. The van der Waals surface area contributed by atoms with Crippen molar-refractivity contribution < 1.29 is 38.7 Å². The highest BCUT2D eigenvalue weighted by atomic mass is 16.6. The molecule has 0 unspecified atom stereocenters. The highest BCUT2D eigenvalue weighted by Gasteiger charge is 2.26. The third kappa shape index (κ3) is 14.3. The minimum atomic E-state index is -0.463. The van der Waals surface area contributed by atoms with E-state index in [1.54, 1.807) is 13.8 Å². The fourth-order valence-electron chi connectivity index (χ4n) is 6.44. The normalized spacial score (nSPS) is 11.3. The van der Waals surface area contributed by atoms with Crippen LogP contribution in [-0.2, 0) is 51.2 Å². The molecule has 3 aromatic carbocycles. The Kier molecular flexibility index (Phi) is 19.2. The van der Waals surface area contributed by atoms with E-state index in [9.17, 15) is 19.8 Å². The van der Waals surface area contributed by atoms with Crippen LogP contribution in [0.15, 0.2) is 78.9 Å². The third-order valence-electron chi connectivity index (χ3n) is 10.2. The first-order valence-corrected chi connectivity index (χ1v) is 20.0. The SMILES string of the molecule is C=C(C)C(=O)OCCOc1cc(-c2ccc(CCCC(CC)(CO)CO)cc2CC)c(OCCOC(=O)C(=C)C)cc1CCc1ccc(CCCCC)cc1. The van der Waals surface area contributed by atoms with Crippen LogP contribution in [0.25, 0.3) is 11.1 Å². The fraction of sp³-hybridized carbons (Fsp3) is 0.489. The van der Waals surface area contributed by atoms with Gasteiger partial charge in [0.25, 0.3) is 0 Å². The van der Waals surface area contributed by atoms with Crippen molar-refractivity contribution in [1.29, 1.82) is 0 Å². The first-order chi connectivity index (χ1) is 26.5. The van der Waals surface area contributed by atoms with Crippen LogP contribution in [-0.4, -0.2) is 61.8 Å². The van der Waals surface area contributed by atoms with Crippen molar-refractivity contribution in [2.24, 2.45) is 5.41 Å². The molecule has 0 fully saturated rings. The van der Waals surface area contributed by atoms with Crippen molar-refractivity contribution in [3.63, 3.8) is 0 Å². The number of carbonyl (C=O) groups excluding carboxylic acids is 2. The zero-order valence-corrected chi connectivity index (χ0v) is 34.0. The predicted molar refractivity (Wildman–Crippen MR) is 221 cm³/mol. The van der Waals surface area contributed by atoms with Crippen LogP contribution in [0, 0.1) is 5.41 Å². The molecule has 8 nitrogen and oxygen atoms in total. The maximum Gasteiger partial charge on any atom is 0.333 e. The molecule has 0 aliphatic carbocycles. The molecule has 0 saturated carbocycles. The van der Waals surface area contributed by atoms with E-state index in [-0.39, 0.29) is 39.6 Å². The number of hydrogen-bond acceptors (Lipinski definition) is 8.